The van der Waals surface area contributed by atoms with Crippen LogP contribution in [0.2, 0.25) is 5.02 Å². The summed E-state index contributed by atoms with van der Waals surface area (Å²) < 4.78 is 0. The summed E-state index contributed by atoms with van der Waals surface area (Å²) in [6.07, 6.45) is 1.90. The van der Waals surface area contributed by atoms with Gasteiger partial charge in [-0.3, -0.25) is 0 Å². The maximum Gasteiger partial charge on any atom is 0.173 e. The van der Waals surface area contributed by atoms with Crippen molar-refractivity contribution in [2.45, 2.75) is 12.8 Å². The van der Waals surface area contributed by atoms with E-state index >= 15 is 0 Å². The number of rotatable bonds is 7. The molecular weight excluding hydrogens is 372 g/mol. The maximum absolute atomic E-state index is 6.09. The maximum atomic E-state index is 6.09. The molecule has 0 spiro atoms. The van der Waals surface area contributed by atoms with Crippen LogP contribution in [0.3, 0.4) is 0 Å². The number of benzene rings is 3. The van der Waals surface area contributed by atoms with E-state index in [1.54, 1.807) is 0 Å². The minimum atomic E-state index is 0.697. The Morgan fingerprint density at radius 2 is 1.33 bits per heavy atom. The van der Waals surface area contributed by atoms with Crippen molar-refractivity contribution in [2.24, 2.45) is 0 Å². The Morgan fingerprint density at radius 3 is 1.85 bits per heavy atom. The van der Waals surface area contributed by atoms with Crippen molar-refractivity contribution in [2.75, 3.05) is 18.4 Å². The second kappa shape index (κ2) is 10.1. The molecule has 0 atom stereocenters. The zero-order valence-electron chi connectivity index (χ0n) is 15.1. The Morgan fingerprint density at radius 1 is 0.778 bits per heavy atom. The molecule has 3 rings (SSSR count). The summed E-state index contributed by atoms with van der Waals surface area (Å²) in [7, 11) is 0. The number of nitrogens with zero attached hydrogens (tertiary/aromatic N) is 1. The second-order valence-electron chi connectivity index (χ2n) is 6.40. The van der Waals surface area contributed by atoms with Crippen LogP contribution < -0.4 is 5.32 Å². The van der Waals surface area contributed by atoms with Gasteiger partial charge in [0.25, 0.3) is 0 Å². The molecule has 0 heterocycles. The monoisotopic (exact) mass is 394 g/mol. The van der Waals surface area contributed by atoms with Gasteiger partial charge in [-0.05, 0) is 54.4 Å². The van der Waals surface area contributed by atoms with Gasteiger partial charge in [0.2, 0.25) is 0 Å². The van der Waals surface area contributed by atoms with Gasteiger partial charge in [0.15, 0.2) is 5.11 Å². The van der Waals surface area contributed by atoms with Crippen LogP contribution in [0.5, 0.6) is 0 Å². The minimum absolute atomic E-state index is 0.697. The molecular formula is C23H23ClN2S. The first-order valence-corrected chi connectivity index (χ1v) is 9.89. The fourth-order valence-corrected chi connectivity index (χ4v) is 3.39. The van der Waals surface area contributed by atoms with Crippen molar-refractivity contribution in [1.29, 1.82) is 0 Å². The molecule has 4 heteroatoms. The molecule has 2 nitrogen and oxygen atoms in total. The van der Waals surface area contributed by atoms with Gasteiger partial charge in [0.05, 0.1) is 0 Å². The second-order valence-corrected chi connectivity index (χ2v) is 7.22. The highest BCUT2D eigenvalue weighted by molar-refractivity contribution is 7.80. The molecule has 0 aromatic heterocycles. The van der Waals surface area contributed by atoms with Crippen LogP contribution in [0.4, 0.5) is 5.69 Å². The van der Waals surface area contributed by atoms with Gasteiger partial charge in [-0.2, -0.15) is 0 Å². The Bertz CT molecular complexity index is 809. The van der Waals surface area contributed by atoms with Crippen molar-refractivity contribution < 1.29 is 0 Å². The van der Waals surface area contributed by atoms with E-state index in [0.29, 0.717) is 5.02 Å². The standard InChI is InChI=1S/C23H23ClN2S/c24-21-12-7-13-22(18-21)25-23(27)26(16-14-19-8-3-1-4-9-19)17-15-20-10-5-2-6-11-20/h1-13,18H,14-17H2,(H,25,27). The van der Waals surface area contributed by atoms with Crippen LogP contribution in [-0.4, -0.2) is 23.1 Å². The van der Waals surface area contributed by atoms with E-state index in [1.807, 2.05) is 36.4 Å². The van der Waals surface area contributed by atoms with Crippen LogP contribution in [0.25, 0.3) is 0 Å². The van der Waals surface area contributed by atoms with E-state index in [1.165, 1.54) is 11.1 Å². The summed E-state index contributed by atoms with van der Waals surface area (Å²) in [6, 6.07) is 28.7. The molecule has 0 radical (unpaired) electrons. The number of hydrogen-bond acceptors (Lipinski definition) is 1. The molecule has 0 aliphatic heterocycles. The number of hydrogen-bond donors (Lipinski definition) is 1. The van der Waals surface area contributed by atoms with Gasteiger partial charge in [-0.15, -0.1) is 0 Å². The van der Waals surface area contributed by atoms with Gasteiger partial charge in [0.1, 0.15) is 0 Å². The third-order valence-electron chi connectivity index (χ3n) is 4.39. The van der Waals surface area contributed by atoms with E-state index in [2.05, 4.69) is 58.7 Å². The Balaban J connectivity index is 1.66. The number of halogens is 1. The predicted octanol–water partition coefficient (Wildman–Crippen LogP) is 5.82. The van der Waals surface area contributed by atoms with Crippen LogP contribution >= 0.6 is 23.8 Å². The van der Waals surface area contributed by atoms with Gasteiger partial charge in [-0.25, -0.2) is 0 Å². The normalized spacial score (nSPS) is 10.4. The fraction of sp³-hybridized carbons (Fsp3) is 0.174. The quantitative estimate of drug-likeness (QED) is 0.508. The summed E-state index contributed by atoms with van der Waals surface area (Å²) in [5.41, 5.74) is 3.54. The lowest BCUT2D eigenvalue weighted by molar-refractivity contribution is 0.432. The lowest BCUT2D eigenvalue weighted by Crippen LogP contribution is -2.37. The minimum Gasteiger partial charge on any atom is -0.348 e. The molecule has 0 aliphatic carbocycles. The summed E-state index contributed by atoms with van der Waals surface area (Å²) in [6.45, 7) is 1.73. The first-order chi connectivity index (χ1) is 13.2. The summed E-state index contributed by atoms with van der Waals surface area (Å²) in [5.74, 6) is 0. The molecule has 138 valence electrons. The highest BCUT2D eigenvalue weighted by Crippen LogP contribution is 2.16. The van der Waals surface area contributed by atoms with Crippen molar-refractivity contribution in [3.63, 3.8) is 0 Å². The highest BCUT2D eigenvalue weighted by atomic mass is 35.5. The molecule has 0 saturated heterocycles. The topological polar surface area (TPSA) is 15.3 Å². The number of anilines is 1. The molecule has 0 unspecified atom stereocenters. The molecule has 0 fully saturated rings. The third kappa shape index (κ3) is 6.38. The number of thiocarbonyl (C=S) groups is 1. The molecule has 1 N–H and O–H groups in total. The van der Waals surface area contributed by atoms with Crippen LogP contribution in [0.15, 0.2) is 84.9 Å². The largest absolute Gasteiger partial charge is 0.348 e. The van der Waals surface area contributed by atoms with E-state index in [4.69, 9.17) is 23.8 Å². The summed E-state index contributed by atoms with van der Waals surface area (Å²) >= 11 is 11.8. The molecule has 3 aromatic carbocycles. The van der Waals surface area contributed by atoms with Crippen molar-refractivity contribution >= 4 is 34.6 Å². The van der Waals surface area contributed by atoms with Gasteiger partial charge in [-0.1, -0.05) is 78.3 Å². The van der Waals surface area contributed by atoms with E-state index in [-0.39, 0.29) is 0 Å². The van der Waals surface area contributed by atoms with Crippen molar-refractivity contribution in [3.05, 3.63) is 101 Å². The third-order valence-corrected chi connectivity index (χ3v) is 4.98. The zero-order valence-corrected chi connectivity index (χ0v) is 16.7. The molecule has 0 aliphatic rings. The van der Waals surface area contributed by atoms with E-state index < -0.39 is 0 Å². The van der Waals surface area contributed by atoms with Gasteiger partial charge < -0.3 is 10.2 Å². The van der Waals surface area contributed by atoms with Crippen LogP contribution in [-0.2, 0) is 12.8 Å². The van der Waals surface area contributed by atoms with Crippen LogP contribution in [0.1, 0.15) is 11.1 Å². The smallest absolute Gasteiger partial charge is 0.173 e. The van der Waals surface area contributed by atoms with Gasteiger partial charge in [0, 0.05) is 23.8 Å². The summed E-state index contributed by atoms with van der Waals surface area (Å²) in [5, 5.41) is 4.75. The van der Waals surface area contributed by atoms with E-state index in [9.17, 15) is 0 Å². The molecule has 0 saturated carbocycles. The highest BCUT2D eigenvalue weighted by Gasteiger charge is 2.11. The Kier molecular flexibility index (Phi) is 7.26. The zero-order chi connectivity index (χ0) is 18.9. The Labute approximate surface area is 171 Å². The summed E-state index contributed by atoms with van der Waals surface area (Å²) in [4.78, 5) is 2.23. The van der Waals surface area contributed by atoms with E-state index in [0.717, 1.165) is 36.7 Å². The molecule has 27 heavy (non-hydrogen) atoms. The Hall–Kier alpha value is -2.36. The van der Waals surface area contributed by atoms with Crippen LogP contribution in [0, 0.1) is 0 Å². The van der Waals surface area contributed by atoms with Gasteiger partial charge >= 0.3 is 0 Å². The SMILES string of the molecule is S=C(Nc1cccc(Cl)c1)N(CCc1ccccc1)CCc1ccccc1. The molecule has 0 bridgehead atoms. The molecule has 0 amide bonds. The first kappa shape index (κ1) is 19.4. The van der Waals surface area contributed by atoms with Crippen molar-refractivity contribution in [1.82, 2.24) is 4.90 Å². The number of nitrogens with one attached hydrogen (secondary N) is 1. The lowest BCUT2D eigenvalue weighted by Gasteiger charge is -2.26. The first-order valence-electron chi connectivity index (χ1n) is 9.10. The molecule has 3 aromatic rings. The average molecular weight is 395 g/mol. The average Bonchev–Trinajstić information content (AvgIpc) is 2.69. The van der Waals surface area contributed by atoms with Crippen molar-refractivity contribution in [3.8, 4) is 0 Å². The lowest BCUT2D eigenvalue weighted by atomic mass is 10.1. The predicted molar refractivity (Wildman–Crippen MR) is 120 cm³/mol. The fourth-order valence-electron chi connectivity index (χ4n) is 2.90.